The molecule has 0 atom stereocenters. The Bertz CT molecular complexity index is 966. The molecule has 0 amide bonds. The average Bonchev–Trinajstić information content (AvgIpc) is 2.75. The molecule has 10 heteroatoms. The second-order valence-corrected chi connectivity index (χ2v) is 8.57. The zero-order valence-corrected chi connectivity index (χ0v) is 18.1. The number of hydrogen-bond donors (Lipinski definition) is 0. The van der Waals surface area contributed by atoms with Gasteiger partial charge in [-0.25, -0.2) is 8.42 Å². The molecule has 0 aliphatic carbocycles. The normalized spacial score (nSPS) is 15.3. The summed E-state index contributed by atoms with van der Waals surface area (Å²) in [6.45, 7) is 5.36. The maximum absolute atomic E-state index is 13.2. The van der Waals surface area contributed by atoms with Crippen LogP contribution < -0.4 is 19.1 Å². The molecule has 3 rings (SSSR count). The van der Waals surface area contributed by atoms with Crippen molar-refractivity contribution < 1.29 is 22.6 Å². The number of benzene rings is 1. The lowest BCUT2D eigenvalue weighted by Gasteiger charge is -2.35. The fourth-order valence-corrected chi connectivity index (χ4v) is 5.02. The summed E-state index contributed by atoms with van der Waals surface area (Å²) in [5.74, 6) is 1.71. The molecular weight excluding hydrogens is 396 g/mol. The van der Waals surface area contributed by atoms with Crippen LogP contribution in [0.5, 0.6) is 17.6 Å². The van der Waals surface area contributed by atoms with Crippen LogP contribution in [0.2, 0.25) is 0 Å². The monoisotopic (exact) mass is 422 g/mol. The van der Waals surface area contributed by atoms with Crippen LogP contribution in [0, 0.1) is 13.8 Å². The predicted molar refractivity (Wildman–Crippen MR) is 109 cm³/mol. The summed E-state index contributed by atoms with van der Waals surface area (Å²) in [5.41, 5.74) is 1.53. The van der Waals surface area contributed by atoms with Crippen molar-refractivity contribution in [1.82, 2.24) is 14.3 Å². The van der Waals surface area contributed by atoms with E-state index in [0.29, 0.717) is 54.1 Å². The molecule has 1 aromatic heterocycles. The number of methoxy groups -OCH3 is 3. The van der Waals surface area contributed by atoms with Gasteiger partial charge in [0.1, 0.15) is 11.6 Å². The van der Waals surface area contributed by atoms with Crippen molar-refractivity contribution in [3.63, 3.8) is 0 Å². The number of ether oxygens (including phenoxy) is 3. The van der Waals surface area contributed by atoms with E-state index in [4.69, 9.17) is 14.2 Å². The van der Waals surface area contributed by atoms with Crippen molar-refractivity contribution >= 4 is 15.8 Å². The molecule has 0 bridgehead atoms. The fourth-order valence-electron chi connectivity index (χ4n) is 3.32. The van der Waals surface area contributed by atoms with Gasteiger partial charge in [-0.3, -0.25) is 0 Å². The van der Waals surface area contributed by atoms with Gasteiger partial charge in [0.15, 0.2) is 0 Å². The summed E-state index contributed by atoms with van der Waals surface area (Å²) >= 11 is 0. The number of aromatic nitrogens is 2. The average molecular weight is 423 g/mol. The van der Waals surface area contributed by atoms with Crippen LogP contribution in [0.4, 0.5) is 5.82 Å². The van der Waals surface area contributed by atoms with Crippen LogP contribution in [-0.2, 0) is 10.0 Å². The van der Waals surface area contributed by atoms with Gasteiger partial charge in [-0.1, -0.05) is 0 Å². The molecule has 158 valence electrons. The lowest BCUT2D eigenvalue weighted by atomic mass is 10.1. The number of hydrogen-bond acceptors (Lipinski definition) is 8. The van der Waals surface area contributed by atoms with Gasteiger partial charge in [-0.05, 0) is 37.1 Å². The molecule has 9 nitrogen and oxygen atoms in total. The Labute approximate surface area is 171 Å². The van der Waals surface area contributed by atoms with Gasteiger partial charge in [-0.2, -0.15) is 14.3 Å². The van der Waals surface area contributed by atoms with Crippen LogP contribution in [0.1, 0.15) is 11.1 Å². The van der Waals surface area contributed by atoms with Gasteiger partial charge >= 0.3 is 6.01 Å². The van der Waals surface area contributed by atoms with Crippen LogP contribution >= 0.6 is 0 Å². The fraction of sp³-hybridized carbons (Fsp3) is 0.474. The first kappa shape index (κ1) is 21.1. The number of piperazine rings is 1. The van der Waals surface area contributed by atoms with Gasteiger partial charge in [0.25, 0.3) is 0 Å². The first-order valence-corrected chi connectivity index (χ1v) is 10.6. The zero-order valence-electron chi connectivity index (χ0n) is 17.3. The molecule has 2 aromatic rings. The van der Waals surface area contributed by atoms with Crippen LogP contribution in [-0.4, -0.2) is 70.2 Å². The van der Waals surface area contributed by atoms with Crippen LogP contribution in [0.25, 0.3) is 0 Å². The smallest absolute Gasteiger partial charge is 0.321 e. The molecule has 0 spiro atoms. The predicted octanol–water partition coefficient (Wildman–Crippen LogP) is 1.63. The number of nitrogens with zero attached hydrogens (tertiary/aromatic N) is 4. The summed E-state index contributed by atoms with van der Waals surface area (Å²) < 4.78 is 43.5. The topological polar surface area (TPSA) is 94.1 Å². The summed E-state index contributed by atoms with van der Waals surface area (Å²) in [4.78, 5) is 10.7. The SMILES string of the molecule is COc1cc(N2CCN(S(=O)(=O)c3ccc(OC)c(C)c3C)CC2)nc(OC)n1. The zero-order chi connectivity index (χ0) is 21.2. The third kappa shape index (κ3) is 4.08. The molecule has 1 aliphatic rings. The van der Waals surface area contributed by atoms with Gasteiger partial charge < -0.3 is 19.1 Å². The summed E-state index contributed by atoms with van der Waals surface area (Å²) in [5, 5.41) is 0. The number of rotatable bonds is 6. The van der Waals surface area contributed by atoms with E-state index in [2.05, 4.69) is 9.97 Å². The Kier molecular flexibility index (Phi) is 6.13. The molecule has 0 radical (unpaired) electrons. The van der Waals surface area contributed by atoms with Crippen molar-refractivity contribution in [3.8, 4) is 17.6 Å². The molecule has 2 heterocycles. The Hall–Kier alpha value is -2.59. The number of sulfonamides is 1. The number of anilines is 1. The third-order valence-electron chi connectivity index (χ3n) is 5.15. The van der Waals surface area contributed by atoms with Crippen molar-refractivity contribution in [1.29, 1.82) is 0 Å². The van der Waals surface area contributed by atoms with Crippen molar-refractivity contribution in [3.05, 3.63) is 29.3 Å². The molecular formula is C19H26N4O5S. The minimum atomic E-state index is -3.60. The first-order chi connectivity index (χ1) is 13.8. The molecule has 1 saturated heterocycles. The lowest BCUT2D eigenvalue weighted by Crippen LogP contribution is -2.49. The van der Waals surface area contributed by atoms with E-state index in [1.54, 1.807) is 32.2 Å². The standard InChI is InChI=1S/C19H26N4O5S/c1-13-14(2)16(7-6-15(13)26-3)29(24,25)23-10-8-22(9-11-23)17-12-18(27-4)21-19(20-17)28-5/h6-7,12H,8-11H2,1-5H3. The lowest BCUT2D eigenvalue weighted by molar-refractivity contribution is 0.349. The first-order valence-electron chi connectivity index (χ1n) is 9.18. The van der Waals surface area contributed by atoms with E-state index >= 15 is 0 Å². The maximum Gasteiger partial charge on any atom is 0.321 e. The van der Waals surface area contributed by atoms with Gasteiger partial charge in [0.05, 0.1) is 26.2 Å². The largest absolute Gasteiger partial charge is 0.496 e. The molecule has 0 saturated carbocycles. The van der Waals surface area contributed by atoms with E-state index in [1.165, 1.54) is 18.5 Å². The highest BCUT2D eigenvalue weighted by Crippen LogP contribution is 2.30. The Morgan fingerprint density at radius 1 is 0.897 bits per heavy atom. The van der Waals surface area contributed by atoms with Gasteiger partial charge in [0.2, 0.25) is 15.9 Å². The summed E-state index contributed by atoms with van der Waals surface area (Å²) in [6.07, 6.45) is 0. The van der Waals surface area contributed by atoms with E-state index in [1.807, 2.05) is 11.8 Å². The highest BCUT2D eigenvalue weighted by molar-refractivity contribution is 7.89. The van der Waals surface area contributed by atoms with E-state index in [0.717, 1.165) is 5.56 Å². The molecule has 1 aromatic carbocycles. The summed E-state index contributed by atoms with van der Waals surface area (Å²) in [6, 6.07) is 5.23. The Morgan fingerprint density at radius 3 is 2.17 bits per heavy atom. The minimum Gasteiger partial charge on any atom is -0.496 e. The molecule has 29 heavy (non-hydrogen) atoms. The second-order valence-electron chi connectivity index (χ2n) is 6.66. The van der Waals surface area contributed by atoms with Crippen molar-refractivity contribution in [2.24, 2.45) is 0 Å². The van der Waals surface area contributed by atoms with Gasteiger partial charge in [0, 0.05) is 32.2 Å². The van der Waals surface area contributed by atoms with E-state index in [9.17, 15) is 8.42 Å². The summed E-state index contributed by atoms with van der Waals surface area (Å²) in [7, 11) is 0.985. The highest BCUT2D eigenvalue weighted by atomic mass is 32.2. The molecule has 0 N–H and O–H groups in total. The Morgan fingerprint density at radius 2 is 1.59 bits per heavy atom. The van der Waals surface area contributed by atoms with E-state index in [-0.39, 0.29) is 6.01 Å². The maximum atomic E-state index is 13.2. The van der Waals surface area contributed by atoms with Crippen molar-refractivity contribution in [2.75, 3.05) is 52.4 Å². The van der Waals surface area contributed by atoms with Crippen LogP contribution in [0.15, 0.2) is 23.1 Å². The Balaban J connectivity index is 1.79. The van der Waals surface area contributed by atoms with E-state index < -0.39 is 10.0 Å². The molecule has 1 aliphatic heterocycles. The molecule has 0 unspecified atom stereocenters. The third-order valence-corrected chi connectivity index (χ3v) is 7.19. The van der Waals surface area contributed by atoms with Gasteiger partial charge in [-0.15, -0.1) is 0 Å². The highest BCUT2D eigenvalue weighted by Gasteiger charge is 2.31. The molecule has 1 fully saturated rings. The second kappa shape index (κ2) is 8.42. The van der Waals surface area contributed by atoms with Crippen LogP contribution in [0.3, 0.4) is 0 Å². The van der Waals surface area contributed by atoms with Crippen molar-refractivity contribution in [2.45, 2.75) is 18.7 Å². The minimum absolute atomic E-state index is 0.207. The quantitative estimate of drug-likeness (QED) is 0.693.